The van der Waals surface area contributed by atoms with Crippen molar-refractivity contribution in [1.82, 2.24) is 16.0 Å². The third kappa shape index (κ3) is 6.40. The molecule has 3 N–H and O–H groups in total. The zero-order valence-corrected chi connectivity index (χ0v) is 19.1. The van der Waals surface area contributed by atoms with Gasteiger partial charge in [-0.2, -0.15) is 0 Å². The molecular weight excluding hydrogens is 478 g/mol. The van der Waals surface area contributed by atoms with Crippen molar-refractivity contribution in [3.05, 3.63) is 70.2 Å². The van der Waals surface area contributed by atoms with E-state index in [4.69, 9.17) is 4.74 Å². The van der Waals surface area contributed by atoms with Gasteiger partial charge in [-0.25, -0.2) is 4.79 Å². The molecule has 0 radical (unpaired) electrons. The summed E-state index contributed by atoms with van der Waals surface area (Å²) in [6.45, 7) is 0. The third-order valence-corrected chi connectivity index (χ3v) is 5.64. The molecule has 168 valence electrons. The van der Waals surface area contributed by atoms with Gasteiger partial charge in [-0.3, -0.25) is 14.4 Å². The van der Waals surface area contributed by atoms with E-state index in [0.29, 0.717) is 6.42 Å². The largest absolute Gasteiger partial charge is 0.467 e. The van der Waals surface area contributed by atoms with Crippen LogP contribution < -0.4 is 16.0 Å². The smallest absolute Gasteiger partial charge is 0.328 e. The molecule has 2 aromatic carbocycles. The van der Waals surface area contributed by atoms with Crippen molar-refractivity contribution in [2.75, 3.05) is 7.11 Å². The maximum absolute atomic E-state index is 12.6. The highest BCUT2D eigenvalue weighted by Gasteiger charge is 2.35. The Hall–Kier alpha value is -3.20. The van der Waals surface area contributed by atoms with Gasteiger partial charge >= 0.3 is 5.97 Å². The fourth-order valence-electron chi connectivity index (χ4n) is 3.44. The normalized spacial score (nSPS) is 18.8. The number of piperazine rings is 1. The molecule has 1 heterocycles. The minimum Gasteiger partial charge on any atom is -0.467 e. The van der Waals surface area contributed by atoms with E-state index in [0.717, 1.165) is 15.6 Å². The molecule has 0 spiro atoms. The van der Waals surface area contributed by atoms with Crippen LogP contribution in [0.1, 0.15) is 17.5 Å². The molecule has 3 rings (SSSR count). The number of carbonyl (C=O) groups is 4. The number of nitrogens with one attached hydrogen (secondary N) is 3. The fraction of sp³-hybridized carbons (Fsp3) is 0.304. The van der Waals surface area contributed by atoms with Crippen molar-refractivity contribution in [2.45, 2.75) is 37.4 Å². The molecule has 2 aromatic rings. The standard InChI is InChI=1S/C23H24BrN3O5/c1-32-23(31)19(12-15-7-9-16(24)10-8-15)25-20(28)13-18-22(30)26-17(21(29)27-18)11-14-5-3-2-4-6-14/h2-10,17-19H,11-13H2,1H3,(H,25,28)(H,26,30)(H,27,29)/t17-,18-,19-/m0/s1. The summed E-state index contributed by atoms with van der Waals surface area (Å²) in [5.41, 5.74) is 1.74. The highest BCUT2D eigenvalue weighted by Crippen LogP contribution is 2.13. The summed E-state index contributed by atoms with van der Waals surface area (Å²) in [5, 5.41) is 7.89. The summed E-state index contributed by atoms with van der Waals surface area (Å²) in [4.78, 5) is 49.6. The van der Waals surface area contributed by atoms with E-state index in [1.54, 1.807) is 0 Å². The first-order chi connectivity index (χ1) is 15.4. The van der Waals surface area contributed by atoms with Gasteiger partial charge in [0.1, 0.15) is 18.1 Å². The van der Waals surface area contributed by atoms with Crippen LogP contribution in [-0.2, 0) is 36.8 Å². The van der Waals surface area contributed by atoms with Gasteiger partial charge in [0.25, 0.3) is 0 Å². The van der Waals surface area contributed by atoms with Crippen molar-refractivity contribution in [3.63, 3.8) is 0 Å². The number of hydrogen-bond acceptors (Lipinski definition) is 5. The second-order valence-corrected chi connectivity index (χ2v) is 8.41. The molecule has 1 fully saturated rings. The second kappa shape index (κ2) is 10.9. The van der Waals surface area contributed by atoms with E-state index in [-0.39, 0.29) is 18.7 Å². The van der Waals surface area contributed by atoms with Gasteiger partial charge in [-0.1, -0.05) is 58.4 Å². The van der Waals surface area contributed by atoms with Crippen LogP contribution in [0.4, 0.5) is 0 Å². The lowest BCUT2D eigenvalue weighted by Crippen LogP contribution is -2.63. The van der Waals surface area contributed by atoms with Gasteiger partial charge in [0, 0.05) is 17.3 Å². The van der Waals surface area contributed by atoms with Gasteiger partial charge in [0.2, 0.25) is 17.7 Å². The molecule has 1 aliphatic heterocycles. The van der Waals surface area contributed by atoms with Crippen molar-refractivity contribution in [1.29, 1.82) is 0 Å². The number of amides is 3. The second-order valence-electron chi connectivity index (χ2n) is 7.49. The van der Waals surface area contributed by atoms with Gasteiger partial charge in [-0.05, 0) is 23.3 Å². The molecule has 0 aliphatic carbocycles. The molecular formula is C23H24BrN3O5. The number of benzene rings is 2. The number of carbonyl (C=O) groups excluding carboxylic acids is 4. The topological polar surface area (TPSA) is 114 Å². The minimum atomic E-state index is -1.01. The van der Waals surface area contributed by atoms with Crippen LogP contribution >= 0.6 is 15.9 Å². The Morgan fingerprint density at radius 3 is 2.25 bits per heavy atom. The van der Waals surface area contributed by atoms with E-state index >= 15 is 0 Å². The first-order valence-electron chi connectivity index (χ1n) is 10.1. The third-order valence-electron chi connectivity index (χ3n) is 5.11. The number of methoxy groups -OCH3 is 1. The maximum Gasteiger partial charge on any atom is 0.328 e. The van der Waals surface area contributed by atoms with Crippen LogP contribution in [0.5, 0.6) is 0 Å². The summed E-state index contributed by atoms with van der Waals surface area (Å²) in [6.07, 6.45) is 0.298. The van der Waals surface area contributed by atoms with E-state index < -0.39 is 35.9 Å². The zero-order valence-electron chi connectivity index (χ0n) is 17.5. The van der Waals surface area contributed by atoms with Crippen LogP contribution in [0.25, 0.3) is 0 Å². The Morgan fingerprint density at radius 2 is 1.59 bits per heavy atom. The molecule has 3 atom stereocenters. The lowest BCUT2D eigenvalue weighted by atomic mass is 10.0. The molecule has 1 aliphatic rings. The first-order valence-corrected chi connectivity index (χ1v) is 10.9. The lowest BCUT2D eigenvalue weighted by Gasteiger charge is -2.29. The number of rotatable bonds is 8. The van der Waals surface area contributed by atoms with E-state index in [9.17, 15) is 19.2 Å². The summed E-state index contributed by atoms with van der Waals surface area (Å²) in [7, 11) is 1.24. The van der Waals surface area contributed by atoms with Crippen molar-refractivity contribution in [3.8, 4) is 0 Å². The summed E-state index contributed by atoms with van der Waals surface area (Å²) in [6, 6.07) is 14.0. The van der Waals surface area contributed by atoms with Crippen LogP contribution in [0.15, 0.2) is 59.1 Å². The van der Waals surface area contributed by atoms with Gasteiger partial charge in [0.05, 0.1) is 13.5 Å². The molecule has 0 unspecified atom stereocenters. The van der Waals surface area contributed by atoms with E-state index in [1.807, 2.05) is 54.6 Å². The van der Waals surface area contributed by atoms with Crippen molar-refractivity contribution >= 4 is 39.6 Å². The SMILES string of the molecule is COC(=O)[C@H](Cc1ccc(Br)cc1)NC(=O)C[C@@H]1NC(=O)[C@H](Cc2ccccc2)NC1=O. The summed E-state index contributed by atoms with van der Waals surface area (Å²) >= 11 is 3.35. The van der Waals surface area contributed by atoms with E-state index in [1.165, 1.54) is 7.11 Å². The van der Waals surface area contributed by atoms with Gasteiger partial charge < -0.3 is 20.7 Å². The van der Waals surface area contributed by atoms with E-state index in [2.05, 4.69) is 31.9 Å². The lowest BCUT2D eigenvalue weighted by molar-refractivity contribution is -0.145. The van der Waals surface area contributed by atoms with Crippen molar-refractivity contribution in [2.24, 2.45) is 0 Å². The molecule has 0 bridgehead atoms. The van der Waals surface area contributed by atoms with Gasteiger partial charge in [0.15, 0.2) is 0 Å². The predicted molar refractivity (Wildman–Crippen MR) is 120 cm³/mol. The first kappa shape index (κ1) is 23.5. The molecule has 8 nitrogen and oxygen atoms in total. The van der Waals surface area contributed by atoms with Crippen molar-refractivity contribution < 1.29 is 23.9 Å². The number of esters is 1. The molecule has 32 heavy (non-hydrogen) atoms. The monoisotopic (exact) mass is 501 g/mol. The minimum absolute atomic E-state index is 0.230. The molecule has 9 heteroatoms. The molecule has 3 amide bonds. The number of hydrogen-bond donors (Lipinski definition) is 3. The number of ether oxygens (including phenoxy) is 1. The highest BCUT2D eigenvalue weighted by atomic mass is 79.9. The van der Waals surface area contributed by atoms with Crippen LogP contribution in [0.3, 0.4) is 0 Å². The summed E-state index contributed by atoms with van der Waals surface area (Å²) < 4.78 is 5.69. The fourth-order valence-corrected chi connectivity index (χ4v) is 3.71. The molecule has 0 saturated carbocycles. The number of halogens is 1. The average Bonchev–Trinajstić information content (AvgIpc) is 2.78. The molecule has 1 saturated heterocycles. The van der Waals surface area contributed by atoms with Crippen LogP contribution in [0.2, 0.25) is 0 Å². The zero-order chi connectivity index (χ0) is 23.1. The Labute approximate surface area is 194 Å². The Kier molecular flexibility index (Phi) is 7.99. The van der Waals surface area contributed by atoms with Crippen LogP contribution in [0, 0.1) is 0 Å². The Morgan fingerprint density at radius 1 is 0.969 bits per heavy atom. The maximum atomic E-state index is 12.6. The predicted octanol–water partition coefficient (Wildman–Crippen LogP) is 1.27. The Balaban J connectivity index is 1.57. The highest BCUT2D eigenvalue weighted by molar-refractivity contribution is 9.10. The Bertz CT molecular complexity index is 981. The quantitative estimate of drug-likeness (QED) is 0.471. The molecule has 0 aromatic heterocycles. The summed E-state index contributed by atoms with van der Waals surface area (Å²) in [5.74, 6) is -1.94. The average molecular weight is 502 g/mol. The van der Waals surface area contributed by atoms with Gasteiger partial charge in [-0.15, -0.1) is 0 Å². The van der Waals surface area contributed by atoms with Crippen LogP contribution in [-0.4, -0.2) is 48.9 Å².